The van der Waals surface area contributed by atoms with Crippen LogP contribution in [-0.2, 0) is 61.1 Å². The van der Waals surface area contributed by atoms with Crippen LogP contribution in [0.3, 0.4) is 0 Å². The van der Waals surface area contributed by atoms with Crippen molar-refractivity contribution in [2.24, 2.45) is 5.41 Å². The van der Waals surface area contributed by atoms with Gasteiger partial charge in [0.2, 0.25) is 17.7 Å². The molecule has 434 valence electrons. The van der Waals surface area contributed by atoms with E-state index in [0.29, 0.717) is 71.7 Å². The van der Waals surface area contributed by atoms with E-state index >= 15 is 0 Å². The van der Waals surface area contributed by atoms with Crippen molar-refractivity contribution in [3.63, 3.8) is 0 Å². The van der Waals surface area contributed by atoms with Crippen LogP contribution in [0.1, 0.15) is 129 Å². The number of aryl methyl sites for hydroxylation is 2. The lowest BCUT2D eigenvalue weighted by Gasteiger charge is -2.41. The van der Waals surface area contributed by atoms with E-state index in [1.807, 2.05) is 57.2 Å². The standard InChI is InChI=1S/C62H76FN11O8/c1-38(65-5)58(76)69-55(62(2,3)4)61(79)73-36-42-31-45(21-19-40(42)32-52(73)59(77)68-49-17-10-14-39-13-8-9-16-46(39)49)82-30-29-81-28-27-80-26-23-44(75)15-11-25-74-53-37-71(7)60(78)47-22-20-43(63)34-48(47)50-18-12-24-72(50)51-33-41(35-67-56(51)64)54(53)57(66-6)70-74/h8-9,13,16,19-22,31,33-35,38,49-50,52,55,65H,10-12,14-15,17-18,23-30,32,36-37H2,1-5,7H3,(H2,64,67)(H,68,77)(H,69,76)/t38-,49+,50+,52-,55+/m0/s1. The number of halogens is 1. The Kier molecular flexibility index (Phi) is 18.7. The molecule has 0 spiro atoms. The number of nitrogens with two attached hydrogens (primary N) is 1. The van der Waals surface area contributed by atoms with Crippen molar-refractivity contribution in [2.75, 3.05) is 64.3 Å². The second-order valence-electron chi connectivity index (χ2n) is 22.9. The van der Waals surface area contributed by atoms with Gasteiger partial charge in [-0.2, -0.15) is 4.68 Å². The smallest absolute Gasteiger partial charge is 0.303 e. The number of anilines is 2. The number of amides is 4. The summed E-state index contributed by atoms with van der Waals surface area (Å²) in [5.41, 5.74) is 13.3. The minimum absolute atomic E-state index is 0.00124. The summed E-state index contributed by atoms with van der Waals surface area (Å²) in [6, 6.07) is 17.3. The number of fused-ring (bicyclic) bond motifs is 10. The van der Waals surface area contributed by atoms with Gasteiger partial charge in [-0.15, -0.1) is 0 Å². The first-order valence-corrected chi connectivity index (χ1v) is 28.6. The summed E-state index contributed by atoms with van der Waals surface area (Å²) >= 11 is 0. The molecule has 5 atom stereocenters. The molecule has 19 nitrogen and oxygen atoms in total. The largest absolute Gasteiger partial charge is 0.491 e. The topological polar surface area (TPSA) is 220 Å². The number of carbonyl (C=O) groups is 5. The molecule has 2 bridgehead atoms. The van der Waals surface area contributed by atoms with Crippen LogP contribution in [0.2, 0.25) is 0 Å². The van der Waals surface area contributed by atoms with Gasteiger partial charge in [-0.05, 0) is 133 Å². The predicted octanol–water partition coefficient (Wildman–Crippen LogP) is 7.58. The first-order valence-electron chi connectivity index (χ1n) is 28.6. The van der Waals surface area contributed by atoms with Crippen LogP contribution >= 0.6 is 0 Å². The highest BCUT2D eigenvalue weighted by atomic mass is 19.1. The van der Waals surface area contributed by atoms with Gasteiger partial charge in [-0.25, -0.2) is 9.37 Å². The zero-order valence-electron chi connectivity index (χ0n) is 47.9. The molecule has 4 amide bonds. The Hall–Kier alpha value is -7.73. The van der Waals surface area contributed by atoms with Gasteiger partial charge in [0.05, 0.1) is 69.0 Å². The highest BCUT2D eigenvalue weighted by molar-refractivity contribution is 5.97. The van der Waals surface area contributed by atoms with Gasteiger partial charge in [-0.3, -0.25) is 24.0 Å². The zero-order valence-corrected chi connectivity index (χ0v) is 47.9. The number of nitrogen functional groups attached to an aromatic ring is 1. The fraction of sp³-hybridized carbons (Fsp3) is 0.484. The van der Waals surface area contributed by atoms with Gasteiger partial charge in [0.1, 0.15) is 41.9 Å². The highest BCUT2D eigenvalue weighted by Crippen LogP contribution is 2.44. The number of pyridine rings is 1. The first kappa shape index (κ1) is 58.9. The van der Waals surface area contributed by atoms with Crippen LogP contribution in [0.25, 0.3) is 16.0 Å². The van der Waals surface area contributed by atoms with E-state index in [2.05, 4.69) is 47.9 Å². The third-order valence-corrected chi connectivity index (χ3v) is 16.3. The summed E-state index contributed by atoms with van der Waals surface area (Å²) in [5, 5.41) is 13.9. The number of rotatable bonds is 20. The van der Waals surface area contributed by atoms with Gasteiger partial charge in [-0.1, -0.05) is 57.7 Å². The first-order chi connectivity index (χ1) is 39.4. The normalized spacial score (nSPS) is 18.3. The summed E-state index contributed by atoms with van der Waals surface area (Å²) in [4.78, 5) is 83.2. The second-order valence-corrected chi connectivity index (χ2v) is 22.9. The summed E-state index contributed by atoms with van der Waals surface area (Å²) in [6.07, 6.45) is 6.97. The number of ketones is 1. The lowest BCUT2D eigenvalue weighted by molar-refractivity contribution is -0.147. The molecule has 5 heterocycles. The lowest BCUT2D eigenvalue weighted by atomic mass is 9.83. The highest BCUT2D eigenvalue weighted by Gasteiger charge is 2.43. The van der Waals surface area contributed by atoms with Crippen LogP contribution in [-0.4, -0.2) is 126 Å². The second kappa shape index (κ2) is 26.0. The molecule has 1 fully saturated rings. The van der Waals surface area contributed by atoms with Gasteiger partial charge >= 0.3 is 5.82 Å². The van der Waals surface area contributed by atoms with Crippen LogP contribution in [0, 0.1) is 17.8 Å². The number of Topliss-reactive ketones (excluding diaryl/α,β-unsaturated/α-hetero) is 1. The number of hydrogen-bond donors (Lipinski definition) is 4. The third-order valence-electron chi connectivity index (χ3n) is 16.3. The minimum Gasteiger partial charge on any atom is -0.491 e. The molecule has 3 aliphatic heterocycles. The maximum absolute atomic E-state index is 14.8. The van der Waals surface area contributed by atoms with Gasteiger partial charge in [0.15, 0.2) is 0 Å². The van der Waals surface area contributed by atoms with Gasteiger partial charge in [0, 0.05) is 56.7 Å². The minimum atomic E-state index is -0.904. The molecule has 1 saturated heterocycles. The van der Waals surface area contributed by atoms with Crippen molar-refractivity contribution in [2.45, 2.75) is 135 Å². The lowest BCUT2D eigenvalue weighted by Crippen LogP contribution is -2.62. The van der Waals surface area contributed by atoms with Crippen molar-refractivity contribution in [1.82, 2.24) is 40.5 Å². The number of aromatic nitrogens is 3. The molecule has 5 aromatic rings. The van der Waals surface area contributed by atoms with Crippen LogP contribution in [0.5, 0.6) is 5.75 Å². The number of likely N-dealkylation sites (N-methyl/N-ethyl adjacent to an activating group) is 1. The molecular weight excluding hydrogens is 1050 g/mol. The van der Waals surface area contributed by atoms with E-state index in [1.54, 1.807) is 41.7 Å². The quantitative estimate of drug-likeness (QED) is 0.0437. The van der Waals surface area contributed by atoms with Crippen molar-refractivity contribution in [1.29, 1.82) is 0 Å². The number of benzene rings is 3. The van der Waals surface area contributed by atoms with Crippen molar-refractivity contribution in [3.8, 4) is 16.9 Å². The van der Waals surface area contributed by atoms with Gasteiger partial charge in [0.25, 0.3) is 5.91 Å². The summed E-state index contributed by atoms with van der Waals surface area (Å²) < 4.78 is 34.2. The Morgan fingerprint density at radius 2 is 1.70 bits per heavy atom. The van der Waals surface area contributed by atoms with E-state index in [-0.39, 0.29) is 112 Å². The summed E-state index contributed by atoms with van der Waals surface area (Å²) in [7, 11) is 3.36. The van der Waals surface area contributed by atoms with Gasteiger partial charge < -0.3 is 55.4 Å². The SMILES string of the molecule is [C-]#[N+]c1nn(CCCC(=O)CCOCCOCCOc2ccc3c(c2)CN(C(=O)[C@@H](NC(=O)[C@H](C)NC)C(C)(C)C)[C@H](C(=O)N[C@@H]2CCCc4ccccc42)C3)c2c1-c1cnc(N)c(c1)N1CCC[C@@H]1c1cc(F)ccc1C(=O)N(C)C2. The molecule has 3 aromatic carbocycles. The predicted molar refractivity (Wildman–Crippen MR) is 308 cm³/mol. The molecule has 0 unspecified atom stereocenters. The Bertz CT molecular complexity index is 3220. The Balaban J connectivity index is 0.757. The molecule has 0 saturated carbocycles. The van der Waals surface area contributed by atoms with E-state index in [1.165, 1.54) is 23.8 Å². The van der Waals surface area contributed by atoms with E-state index in [9.17, 15) is 28.4 Å². The average molecular weight is 1120 g/mol. The Labute approximate surface area is 479 Å². The van der Waals surface area contributed by atoms with Crippen LogP contribution < -0.4 is 31.3 Å². The maximum atomic E-state index is 14.8. The van der Waals surface area contributed by atoms with E-state index in [4.69, 9.17) is 26.5 Å². The van der Waals surface area contributed by atoms with E-state index < -0.39 is 29.4 Å². The Morgan fingerprint density at radius 3 is 2.48 bits per heavy atom. The molecule has 4 aliphatic rings. The number of hydrogen-bond acceptors (Lipinski definition) is 13. The molecule has 1 aliphatic carbocycles. The molecular formula is C62H76FN11O8. The van der Waals surface area contributed by atoms with Crippen molar-refractivity contribution in [3.05, 3.63) is 129 Å². The van der Waals surface area contributed by atoms with Crippen LogP contribution in [0.15, 0.2) is 72.9 Å². The average Bonchev–Trinajstić information content (AvgIpc) is 4.27. The van der Waals surface area contributed by atoms with E-state index in [0.717, 1.165) is 42.4 Å². The maximum Gasteiger partial charge on any atom is 0.303 e. The molecule has 5 N–H and O–H groups in total. The van der Waals surface area contributed by atoms with Crippen LogP contribution in [0.4, 0.5) is 21.7 Å². The summed E-state index contributed by atoms with van der Waals surface area (Å²) in [6.45, 7) is 18.0. The zero-order chi connectivity index (χ0) is 58.2. The van der Waals surface area contributed by atoms with Crippen molar-refractivity contribution < 1.29 is 42.6 Å². The molecule has 20 heteroatoms. The Morgan fingerprint density at radius 1 is 0.915 bits per heavy atom. The number of carbonyl (C=O) groups excluding carboxylic acids is 5. The molecule has 82 heavy (non-hydrogen) atoms. The molecule has 2 aromatic heterocycles. The summed E-state index contributed by atoms with van der Waals surface area (Å²) in [5.74, 6) is -0.588. The fourth-order valence-electron chi connectivity index (χ4n) is 11.7. The number of ether oxygens (including phenoxy) is 3. The molecule has 9 rings (SSSR count). The number of nitrogens with one attached hydrogen (secondary N) is 3. The third kappa shape index (κ3) is 13.3. The fourth-order valence-corrected chi connectivity index (χ4v) is 11.7. The van der Waals surface area contributed by atoms with Crippen molar-refractivity contribution >= 4 is 46.7 Å². The molecule has 0 radical (unpaired) electrons. The number of nitrogens with zero attached hydrogens (tertiary/aromatic N) is 7. The monoisotopic (exact) mass is 1120 g/mol.